The van der Waals surface area contributed by atoms with E-state index in [2.05, 4.69) is 46.0 Å². The van der Waals surface area contributed by atoms with Gasteiger partial charge in [-0.05, 0) is 110 Å². The Morgan fingerprint density at radius 2 is 1.75 bits per heavy atom. The molecule has 1 aromatic carbocycles. The summed E-state index contributed by atoms with van der Waals surface area (Å²) in [6, 6.07) is 10.0. The molecule has 4 aliphatic rings. The third-order valence-corrected chi connectivity index (χ3v) is 11.7. The molecule has 1 aromatic rings. The summed E-state index contributed by atoms with van der Waals surface area (Å²) >= 11 is 0. The van der Waals surface area contributed by atoms with Gasteiger partial charge in [0, 0.05) is 11.6 Å². The van der Waals surface area contributed by atoms with Crippen LogP contribution in [0.5, 0.6) is 0 Å². The maximum Gasteiger partial charge on any atom is 0.251 e. The zero-order valence-corrected chi connectivity index (χ0v) is 23.7. The summed E-state index contributed by atoms with van der Waals surface area (Å²) in [4.78, 5) is 12.8. The van der Waals surface area contributed by atoms with Crippen LogP contribution < -0.4 is 5.32 Å². The average Bonchev–Trinajstić information content (AvgIpc) is 3.22. The molecule has 2 nitrogen and oxygen atoms in total. The molecule has 0 heterocycles. The molecule has 3 fully saturated rings. The number of allylic oxidation sites excluding steroid dienone is 1. The lowest BCUT2D eigenvalue weighted by molar-refractivity contribution is -0.0513. The number of hydrogen-bond donors (Lipinski definition) is 1. The maximum atomic E-state index is 12.8. The van der Waals surface area contributed by atoms with Crippen molar-refractivity contribution in [1.82, 2.24) is 5.32 Å². The fourth-order valence-electron chi connectivity index (χ4n) is 9.67. The van der Waals surface area contributed by atoms with Crippen molar-refractivity contribution >= 4 is 5.91 Å². The molecule has 0 aliphatic heterocycles. The molecular weight excluding hydrogens is 438 g/mol. The fourth-order valence-corrected chi connectivity index (χ4v) is 9.67. The number of carbonyl (C=O) groups excluding carboxylic acids is 1. The highest BCUT2D eigenvalue weighted by Gasteiger charge is 2.59. The Morgan fingerprint density at radius 1 is 0.972 bits per heavy atom. The normalized spacial score (nSPS) is 38.5. The topological polar surface area (TPSA) is 29.1 Å². The van der Waals surface area contributed by atoms with E-state index < -0.39 is 0 Å². The van der Waals surface area contributed by atoms with E-state index in [1.165, 1.54) is 57.8 Å². The van der Waals surface area contributed by atoms with Gasteiger partial charge in [0.2, 0.25) is 0 Å². The van der Waals surface area contributed by atoms with Crippen LogP contribution in [-0.2, 0) is 0 Å². The first-order chi connectivity index (χ1) is 17.2. The van der Waals surface area contributed by atoms with Crippen LogP contribution in [0, 0.1) is 46.3 Å². The van der Waals surface area contributed by atoms with E-state index in [4.69, 9.17) is 0 Å². The van der Waals surface area contributed by atoms with Crippen LogP contribution in [-0.4, -0.2) is 11.9 Å². The van der Waals surface area contributed by atoms with Gasteiger partial charge in [0.1, 0.15) is 0 Å². The molecule has 0 aromatic heterocycles. The third-order valence-electron chi connectivity index (χ3n) is 11.7. The van der Waals surface area contributed by atoms with Gasteiger partial charge in [0.15, 0.2) is 0 Å². The minimum Gasteiger partial charge on any atom is -0.349 e. The van der Waals surface area contributed by atoms with E-state index in [1.54, 1.807) is 5.57 Å². The number of rotatable bonds is 7. The minimum atomic E-state index is 0.0893. The second-order valence-corrected chi connectivity index (χ2v) is 14.1. The van der Waals surface area contributed by atoms with Crippen LogP contribution in [0.1, 0.15) is 116 Å². The molecule has 0 spiro atoms. The summed E-state index contributed by atoms with van der Waals surface area (Å²) in [5.74, 6) is 5.37. The standard InChI is InChI=1S/C34H51NO/c1-23(2)10-9-11-24(3)29-16-17-30-28-15-14-26-22-27(35-32(36)25-12-7-6-8-13-25)18-20-33(26,4)31(28)19-21-34(29,30)5/h6-8,12-14,23-24,27-31H,9-11,15-22H2,1-5H3,(H,35,36)/t24-,27+,28+,29-,30+,31+,33+,34-/m1/s1. The van der Waals surface area contributed by atoms with Crippen molar-refractivity contribution in [1.29, 1.82) is 0 Å². The van der Waals surface area contributed by atoms with E-state index in [9.17, 15) is 4.79 Å². The largest absolute Gasteiger partial charge is 0.349 e. The van der Waals surface area contributed by atoms with Gasteiger partial charge in [-0.1, -0.05) is 83.7 Å². The molecule has 8 atom stereocenters. The van der Waals surface area contributed by atoms with Crippen molar-refractivity contribution in [3.05, 3.63) is 47.5 Å². The van der Waals surface area contributed by atoms with Crippen LogP contribution in [0.3, 0.4) is 0 Å². The second kappa shape index (κ2) is 10.3. The molecule has 5 rings (SSSR count). The van der Waals surface area contributed by atoms with Gasteiger partial charge in [0.05, 0.1) is 0 Å². The molecule has 0 radical (unpaired) electrons. The third kappa shape index (κ3) is 4.71. The molecule has 3 saturated carbocycles. The zero-order valence-electron chi connectivity index (χ0n) is 23.7. The lowest BCUT2D eigenvalue weighted by atomic mass is 9.47. The monoisotopic (exact) mass is 489 g/mol. The molecule has 0 unspecified atom stereocenters. The van der Waals surface area contributed by atoms with Crippen LogP contribution in [0.25, 0.3) is 0 Å². The van der Waals surface area contributed by atoms with Crippen molar-refractivity contribution in [3.8, 4) is 0 Å². The predicted molar refractivity (Wildman–Crippen MR) is 151 cm³/mol. The molecule has 0 bridgehead atoms. The van der Waals surface area contributed by atoms with E-state index >= 15 is 0 Å². The number of fused-ring (bicyclic) bond motifs is 5. The Hall–Kier alpha value is -1.57. The van der Waals surface area contributed by atoms with Gasteiger partial charge >= 0.3 is 0 Å². The Bertz CT molecular complexity index is 949. The van der Waals surface area contributed by atoms with Gasteiger partial charge in [0.25, 0.3) is 5.91 Å². The molecule has 1 N–H and O–H groups in total. The van der Waals surface area contributed by atoms with Crippen LogP contribution >= 0.6 is 0 Å². The zero-order chi connectivity index (χ0) is 25.5. The van der Waals surface area contributed by atoms with E-state index in [0.29, 0.717) is 10.8 Å². The summed E-state index contributed by atoms with van der Waals surface area (Å²) in [6.45, 7) is 12.6. The Labute approximate surface area is 221 Å². The fraction of sp³-hybridized carbons (Fsp3) is 0.735. The van der Waals surface area contributed by atoms with Gasteiger partial charge in [-0.2, -0.15) is 0 Å². The average molecular weight is 490 g/mol. The van der Waals surface area contributed by atoms with Crippen molar-refractivity contribution < 1.29 is 4.79 Å². The number of benzene rings is 1. The maximum absolute atomic E-state index is 12.8. The predicted octanol–water partition coefficient (Wildman–Crippen LogP) is 8.83. The molecule has 1 amide bonds. The van der Waals surface area contributed by atoms with E-state index in [0.717, 1.165) is 53.9 Å². The van der Waals surface area contributed by atoms with E-state index in [-0.39, 0.29) is 11.9 Å². The highest BCUT2D eigenvalue weighted by Crippen LogP contribution is 2.67. The van der Waals surface area contributed by atoms with Gasteiger partial charge < -0.3 is 5.32 Å². The summed E-state index contributed by atoms with van der Waals surface area (Å²) in [6.07, 6.45) is 17.3. The van der Waals surface area contributed by atoms with Crippen molar-refractivity contribution in [2.75, 3.05) is 0 Å². The molecule has 2 heteroatoms. The number of amides is 1. The summed E-state index contributed by atoms with van der Waals surface area (Å²) in [7, 11) is 0. The van der Waals surface area contributed by atoms with Gasteiger partial charge in [-0.15, -0.1) is 0 Å². The van der Waals surface area contributed by atoms with E-state index in [1.807, 2.05) is 30.3 Å². The summed E-state index contributed by atoms with van der Waals surface area (Å²) < 4.78 is 0. The Kier molecular flexibility index (Phi) is 7.45. The minimum absolute atomic E-state index is 0.0893. The number of nitrogens with one attached hydrogen (secondary N) is 1. The van der Waals surface area contributed by atoms with Crippen molar-refractivity contribution in [2.45, 2.75) is 111 Å². The van der Waals surface area contributed by atoms with Crippen molar-refractivity contribution in [2.24, 2.45) is 46.3 Å². The smallest absolute Gasteiger partial charge is 0.251 e. The highest BCUT2D eigenvalue weighted by molar-refractivity contribution is 5.94. The molecule has 36 heavy (non-hydrogen) atoms. The van der Waals surface area contributed by atoms with Crippen molar-refractivity contribution in [3.63, 3.8) is 0 Å². The first kappa shape index (κ1) is 26.1. The van der Waals surface area contributed by atoms with Crippen LogP contribution in [0.2, 0.25) is 0 Å². The lowest BCUT2D eigenvalue weighted by Gasteiger charge is -2.58. The van der Waals surface area contributed by atoms with Crippen LogP contribution in [0.15, 0.2) is 42.0 Å². The lowest BCUT2D eigenvalue weighted by Crippen LogP contribution is -2.52. The van der Waals surface area contributed by atoms with Crippen LogP contribution in [0.4, 0.5) is 0 Å². The van der Waals surface area contributed by atoms with Gasteiger partial charge in [-0.3, -0.25) is 4.79 Å². The highest BCUT2D eigenvalue weighted by atomic mass is 16.1. The number of hydrogen-bond acceptors (Lipinski definition) is 1. The summed E-state index contributed by atoms with van der Waals surface area (Å²) in [5, 5.41) is 3.36. The first-order valence-corrected chi connectivity index (χ1v) is 15.3. The molecule has 4 aliphatic carbocycles. The quantitative estimate of drug-likeness (QED) is 0.381. The molecular formula is C34H51NO. The summed E-state index contributed by atoms with van der Waals surface area (Å²) in [5.41, 5.74) is 3.35. The Morgan fingerprint density at radius 3 is 2.50 bits per heavy atom. The molecule has 0 saturated heterocycles. The second-order valence-electron chi connectivity index (χ2n) is 14.1. The molecule has 198 valence electrons. The van der Waals surface area contributed by atoms with Gasteiger partial charge in [-0.25, -0.2) is 0 Å². The first-order valence-electron chi connectivity index (χ1n) is 15.3. The number of carbonyl (C=O) groups is 1. The Balaban J connectivity index is 1.25. The SMILES string of the molecule is CC(C)CCC[C@@H](C)[C@H]1CC[C@H]2[C@@H]3CC=C4C[C@@H](NC(=O)c5ccccc5)CC[C@]4(C)[C@H]3CC[C@]12C.